The fraction of sp³-hybridized carbons (Fsp3) is 0.538. The molecule has 1 aromatic carbocycles. The number of halogens is 5. The van der Waals surface area contributed by atoms with Crippen LogP contribution in [0.15, 0.2) is 35.3 Å². The number of aromatic nitrogens is 1. The van der Waals surface area contributed by atoms with Crippen LogP contribution in [0.4, 0.5) is 27.6 Å². The summed E-state index contributed by atoms with van der Waals surface area (Å²) in [5.74, 6) is -8.73. The van der Waals surface area contributed by atoms with E-state index < -0.39 is 52.7 Å². The molecule has 1 saturated heterocycles. The Morgan fingerprint density at radius 2 is 1.84 bits per heavy atom. The van der Waals surface area contributed by atoms with E-state index in [1.54, 1.807) is 0 Å². The van der Waals surface area contributed by atoms with Gasteiger partial charge in [-0.3, -0.25) is 9.59 Å². The highest BCUT2D eigenvalue weighted by Crippen LogP contribution is 2.58. The Morgan fingerprint density at radius 3 is 2.41 bits per heavy atom. The lowest BCUT2D eigenvalue weighted by Crippen LogP contribution is -2.32. The number of hydrogen-bond acceptors (Lipinski definition) is 4. The van der Waals surface area contributed by atoms with E-state index in [2.05, 4.69) is 15.5 Å². The average molecular weight is 525 g/mol. The van der Waals surface area contributed by atoms with E-state index in [-0.39, 0.29) is 22.9 Å². The number of likely N-dealkylation sites (tertiary alicyclic amines) is 1. The van der Waals surface area contributed by atoms with Crippen molar-refractivity contribution in [3.8, 4) is 0 Å². The summed E-state index contributed by atoms with van der Waals surface area (Å²) >= 11 is 0. The van der Waals surface area contributed by atoms with Gasteiger partial charge < -0.3 is 20.1 Å². The number of nitrogens with one attached hydrogen (secondary N) is 2. The molecule has 2 aromatic rings. The SMILES string of the molecule is C[C@@H](NC(=O)c1cn([C@H]2[C@H](C)C2(F)F)c(=O)cc1NC1[C@H]2CN(C)C[C@@H]12)c1cccc(C(C)(F)F)c1F. The van der Waals surface area contributed by atoms with E-state index in [1.165, 1.54) is 26.0 Å². The van der Waals surface area contributed by atoms with Crippen molar-refractivity contribution in [2.45, 2.75) is 50.7 Å². The largest absolute Gasteiger partial charge is 0.381 e. The van der Waals surface area contributed by atoms with Gasteiger partial charge in [0.2, 0.25) is 0 Å². The van der Waals surface area contributed by atoms with Crippen LogP contribution in [0.2, 0.25) is 0 Å². The van der Waals surface area contributed by atoms with Gasteiger partial charge in [0.05, 0.1) is 22.9 Å². The van der Waals surface area contributed by atoms with Gasteiger partial charge in [-0.05, 0) is 25.8 Å². The third-order valence-corrected chi connectivity index (χ3v) is 8.01. The monoisotopic (exact) mass is 524 g/mol. The lowest BCUT2D eigenvalue weighted by molar-refractivity contribution is 0.0135. The van der Waals surface area contributed by atoms with Gasteiger partial charge >= 0.3 is 0 Å². The van der Waals surface area contributed by atoms with Crippen LogP contribution < -0.4 is 16.2 Å². The number of fused-ring (bicyclic) bond motifs is 1. The zero-order chi connectivity index (χ0) is 27.0. The molecule has 1 unspecified atom stereocenters. The van der Waals surface area contributed by atoms with Crippen LogP contribution in [0.1, 0.15) is 54.3 Å². The third kappa shape index (κ3) is 4.41. The molecule has 37 heavy (non-hydrogen) atoms. The quantitative estimate of drug-likeness (QED) is 0.528. The number of carbonyl (C=O) groups excluding carboxylic acids is 1. The molecule has 2 aliphatic carbocycles. The maximum atomic E-state index is 14.9. The van der Waals surface area contributed by atoms with Gasteiger partial charge in [-0.1, -0.05) is 25.1 Å². The van der Waals surface area contributed by atoms with Crippen molar-refractivity contribution in [1.82, 2.24) is 14.8 Å². The zero-order valence-electron chi connectivity index (χ0n) is 20.9. The fourth-order valence-electron chi connectivity index (χ4n) is 5.66. The minimum Gasteiger partial charge on any atom is -0.381 e. The number of amides is 1. The minimum absolute atomic E-state index is 0.0395. The van der Waals surface area contributed by atoms with Crippen molar-refractivity contribution in [3.05, 3.63) is 63.3 Å². The first-order valence-corrected chi connectivity index (χ1v) is 12.3. The summed E-state index contributed by atoms with van der Waals surface area (Å²) in [6, 6.07) is 2.36. The number of rotatable bonds is 7. The van der Waals surface area contributed by atoms with Crippen molar-refractivity contribution in [2.75, 3.05) is 25.5 Å². The number of carbonyl (C=O) groups is 1. The van der Waals surface area contributed by atoms with Crippen LogP contribution in [0.25, 0.3) is 0 Å². The van der Waals surface area contributed by atoms with Crippen LogP contribution in [-0.4, -0.2) is 47.5 Å². The number of benzene rings is 1. The van der Waals surface area contributed by atoms with E-state index in [4.69, 9.17) is 0 Å². The molecule has 0 spiro atoms. The van der Waals surface area contributed by atoms with Gasteiger partial charge in [-0.15, -0.1) is 0 Å². The number of alkyl halides is 4. The molecule has 11 heteroatoms. The number of anilines is 1. The van der Waals surface area contributed by atoms with Crippen LogP contribution in [-0.2, 0) is 5.92 Å². The maximum Gasteiger partial charge on any atom is 0.273 e. The first-order valence-electron chi connectivity index (χ1n) is 12.3. The molecule has 0 bridgehead atoms. The number of nitrogens with zero attached hydrogens (tertiary/aromatic N) is 2. The van der Waals surface area contributed by atoms with E-state index in [9.17, 15) is 31.5 Å². The minimum atomic E-state index is -3.42. The second-order valence-corrected chi connectivity index (χ2v) is 10.8. The van der Waals surface area contributed by atoms with Crippen molar-refractivity contribution in [1.29, 1.82) is 0 Å². The molecule has 2 N–H and O–H groups in total. The predicted octanol–water partition coefficient (Wildman–Crippen LogP) is 4.39. The van der Waals surface area contributed by atoms with Crippen molar-refractivity contribution in [3.63, 3.8) is 0 Å². The summed E-state index contributed by atoms with van der Waals surface area (Å²) in [6.07, 6.45) is 1.12. The highest BCUT2D eigenvalue weighted by atomic mass is 19.3. The lowest BCUT2D eigenvalue weighted by atomic mass is 10.0. The Morgan fingerprint density at radius 1 is 1.22 bits per heavy atom. The molecule has 200 valence electrons. The molecule has 2 heterocycles. The smallest absolute Gasteiger partial charge is 0.273 e. The lowest BCUT2D eigenvalue weighted by Gasteiger charge is -2.21. The molecule has 6 atom stereocenters. The van der Waals surface area contributed by atoms with Crippen molar-refractivity contribution in [2.24, 2.45) is 17.8 Å². The van der Waals surface area contributed by atoms with Gasteiger partial charge in [0.25, 0.3) is 23.3 Å². The summed E-state index contributed by atoms with van der Waals surface area (Å²) in [5.41, 5.74) is -1.43. The van der Waals surface area contributed by atoms with Crippen LogP contribution in [0.3, 0.4) is 0 Å². The van der Waals surface area contributed by atoms with Gasteiger partial charge in [0.1, 0.15) is 11.9 Å². The maximum absolute atomic E-state index is 14.9. The molecule has 1 amide bonds. The second kappa shape index (κ2) is 8.54. The molecule has 3 aliphatic rings. The van der Waals surface area contributed by atoms with Crippen LogP contribution in [0.5, 0.6) is 0 Å². The normalized spacial score (nSPS) is 28.9. The standard InChI is InChI=1S/C26H29F5N4O2/c1-12-23(26(12,30)31)35-11-17(19(8-20(35)36)33-22-15-9-34(4)10-16(15)22)24(37)32-13(2)14-6-5-7-18(21(14)27)25(3,28)29/h5-8,11-13,15-16,22-23,33H,9-10H2,1-4H3,(H,32,37)/t12-,13+,15-,16+,22?,23-/m0/s1. The Balaban J connectivity index is 1.45. The highest BCUT2D eigenvalue weighted by Gasteiger charge is 2.67. The molecular formula is C26H29F5N4O2. The number of hydrogen-bond donors (Lipinski definition) is 2. The summed E-state index contributed by atoms with van der Waals surface area (Å²) < 4.78 is 71.6. The van der Waals surface area contributed by atoms with E-state index >= 15 is 0 Å². The predicted molar refractivity (Wildman–Crippen MR) is 128 cm³/mol. The first kappa shape index (κ1) is 25.7. The summed E-state index contributed by atoms with van der Waals surface area (Å²) in [4.78, 5) is 28.3. The summed E-state index contributed by atoms with van der Waals surface area (Å²) in [5, 5.41) is 5.83. The van der Waals surface area contributed by atoms with Gasteiger partial charge in [0.15, 0.2) is 0 Å². The molecule has 5 rings (SSSR count). The highest BCUT2D eigenvalue weighted by molar-refractivity contribution is 5.99. The molecule has 2 saturated carbocycles. The Kier molecular flexibility index (Phi) is 5.93. The Bertz CT molecular complexity index is 1290. The van der Waals surface area contributed by atoms with Gasteiger partial charge in [-0.2, -0.15) is 0 Å². The van der Waals surface area contributed by atoms with Crippen LogP contribution >= 0.6 is 0 Å². The molecule has 1 aliphatic heterocycles. The Hall–Kier alpha value is -2.95. The molecule has 6 nitrogen and oxygen atoms in total. The second-order valence-electron chi connectivity index (χ2n) is 10.8. The first-order chi connectivity index (χ1) is 17.2. The zero-order valence-corrected chi connectivity index (χ0v) is 20.9. The van der Waals surface area contributed by atoms with Crippen molar-refractivity contribution < 1.29 is 26.7 Å². The number of piperidine rings is 1. The van der Waals surface area contributed by atoms with E-state index in [0.717, 1.165) is 36.0 Å². The van der Waals surface area contributed by atoms with Gasteiger partial charge in [-0.25, -0.2) is 22.0 Å². The summed E-state index contributed by atoms with van der Waals surface area (Å²) in [6.45, 7) is 5.07. The fourth-order valence-corrected chi connectivity index (χ4v) is 5.66. The molecule has 0 radical (unpaired) electrons. The molecule has 1 aromatic heterocycles. The Labute approximate surface area is 210 Å². The number of pyridine rings is 1. The topological polar surface area (TPSA) is 66.4 Å². The average Bonchev–Trinajstić information content (AvgIpc) is 3.47. The molecular weight excluding hydrogens is 495 g/mol. The van der Waals surface area contributed by atoms with Crippen molar-refractivity contribution >= 4 is 11.6 Å². The van der Waals surface area contributed by atoms with Gasteiger partial charge in [0, 0.05) is 49.8 Å². The van der Waals surface area contributed by atoms with Crippen LogP contribution in [0, 0.1) is 23.6 Å². The summed E-state index contributed by atoms with van der Waals surface area (Å²) in [7, 11) is 2.00. The molecule has 3 fully saturated rings. The van der Waals surface area contributed by atoms with E-state index in [0.29, 0.717) is 18.8 Å². The third-order valence-electron chi connectivity index (χ3n) is 8.01. The van der Waals surface area contributed by atoms with E-state index in [1.807, 2.05) is 7.05 Å².